The molecular weight excluding hydrogens is 534 g/mol. The van der Waals surface area contributed by atoms with E-state index >= 15 is 0 Å². The summed E-state index contributed by atoms with van der Waals surface area (Å²) in [5.74, 6) is -0.646. The fourth-order valence-electron chi connectivity index (χ4n) is 5.82. The summed E-state index contributed by atoms with van der Waals surface area (Å²) in [6, 6.07) is 21.1. The molecule has 41 heavy (non-hydrogen) atoms. The molecule has 3 aliphatic rings. The number of fused-ring (bicyclic) bond motifs is 2. The molecule has 0 spiro atoms. The molecule has 1 fully saturated rings. The molecule has 1 unspecified atom stereocenters. The Balaban J connectivity index is 1.30. The minimum absolute atomic E-state index is 0.0448. The van der Waals surface area contributed by atoms with Crippen LogP contribution >= 0.6 is 11.8 Å². The quantitative estimate of drug-likeness (QED) is 0.450. The van der Waals surface area contributed by atoms with Crippen LogP contribution in [0.5, 0.6) is 0 Å². The number of likely N-dealkylation sites (N-methyl/N-ethyl adjacent to an activating group) is 1. The summed E-state index contributed by atoms with van der Waals surface area (Å²) in [6.07, 6.45) is 2.52. The van der Waals surface area contributed by atoms with Gasteiger partial charge >= 0.3 is 0 Å². The van der Waals surface area contributed by atoms with Crippen LogP contribution in [0.1, 0.15) is 33.0 Å². The Hall–Kier alpha value is -3.79. The molecule has 3 aliphatic heterocycles. The van der Waals surface area contributed by atoms with Gasteiger partial charge in [0.1, 0.15) is 5.92 Å². The van der Waals surface area contributed by atoms with Gasteiger partial charge in [0.15, 0.2) is 0 Å². The topological polar surface area (TPSA) is 85.3 Å². The SMILES string of the molecule is CSC(=O)c1ccc2c(c1)NC(=O)C2C(=Nc1ccc2c(c1)CCN2C(=O)CN1CCN(C)CC1)c1ccccc1. The van der Waals surface area contributed by atoms with E-state index in [1.165, 1.54) is 0 Å². The van der Waals surface area contributed by atoms with E-state index in [1.54, 1.807) is 18.4 Å². The summed E-state index contributed by atoms with van der Waals surface area (Å²) in [7, 11) is 2.11. The Bertz CT molecular complexity index is 1530. The first-order chi connectivity index (χ1) is 19.9. The molecule has 0 bridgehead atoms. The van der Waals surface area contributed by atoms with Gasteiger partial charge in [-0.1, -0.05) is 54.2 Å². The number of hydrogen-bond donors (Lipinski definition) is 1. The molecular formula is C32H33N5O3S. The van der Waals surface area contributed by atoms with E-state index in [0.29, 0.717) is 30.1 Å². The van der Waals surface area contributed by atoms with E-state index in [0.717, 1.165) is 72.4 Å². The van der Waals surface area contributed by atoms with Gasteiger partial charge in [-0.2, -0.15) is 0 Å². The second kappa shape index (κ2) is 11.6. The molecule has 3 aromatic carbocycles. The van der Waals surface area contributed by atoms with Crippen LogP contribution in [0.3, 0.4) is 0 Å². The van der Waals surface area contributed by atoms with Gasteiger partial charge in [0.2, 0.25) is 16.9 Å². The molecule has 210 valence electrons. The third-order valence-corrected chi connectivity index (χ3v) is 8.72. The van der Waals surface area contributed by atoms with Crippen molar-refractivity contribution in [2.75, 3.05) is 62.8 Å². The highest BCUT2D eigenvalue weighted by Gasteiger charge is 2.36. The van der Waals surface area contributed by atoms with Crippen molar-refractivity contribution in [2.24, 2.45) is 4.99 Å². The average Bonchev–Trinajstić information content (AvgIpc) is 3.56. The van der Waals surface area contributed by atoms with Crippen molar-refractivity contribution < 1.29 is 14.4 Å². The molecule has 9 heteroatoms. The first-order valence-corrected chi connectivity index (χ1v) is 15.1. The predicted octanol–water partition coefficient (Wildman–Crippen LogP) is 4.18. The molecule has 2 amide bonds. The van der Waals surface area contributed by atoms with Crippen LogP contribution in [0.2, 0.25) is 0 Å². The van der Waals surface area contributed by atoms with Gasteiger partial charge in [-0.15, -0.1) is 0 Å². The lowest BCUT2D eigenvalue weighted by Gasteiger charge is -2.32. The average molecular weight is 568 g/mol. The fourth-order valence-corrected chi connectivity index (χ4v) is 6.18. The number of benzene rings is 3. The van der Waals surface area contributed by atoms with Crippen LogP contribution < -0.4 is 10.2 Å². The van der Waals surface area contributed by atoms with Crippen LogP contribution in [0, 0.1) is 0 Å². The molecule has 0 radical (unpaired) electrons. The Morgan fingerprint density at radius 1 is 0.951 bits per heavy atom. The number of nitrogens with one attached hydrogen (secondary N) is 1. The second-order valence-electron chi connectivity index (χ2n) is 10.8. The third kappa shape index (κ3) is 5.57. The van der Waals surface area contributed by atoms with Gasteiger partial charge < -0.3 is 15.1 Å². The number of piperazine rings is 1. The van der Waals surface area contributed by atoms with Crippen molar-refractivity contribution in [1.82, 2.24) is 9.80 Å². The molecule has 1 saturated heterocycles. The summed E-state index contributed by atoms with van der Waals surface area (Å²) in [4.78, 5) is 50.2. The van der Waals surface area contributed by atoms with Crippen LogP contribution in [0.15, 0.2) is 71.7 Å². The van der Waals surface area contributed by atoms with Crippen molar-refractivity contribution in [3.05, 3.63) is 89.0 Å². The lowest BCUT2D eigenvalue weighted by molar-refractivity contribution is -0.120. The Labute approximate surface area is 244 Å². The number of rotatable bonds is 6. The number of aliphatic imine (C=N–C) groups is 1. The third-order valence-electron chi connectivity index (χ3n) is 8.11. The number of carbonyl (C=O) groups excluding carboxylic acids is 3. The second-order valence-corrected chi connectivity index (χ2v) is 11.5. The first-order valence-electron chi connectivity index (χ1n) is 13.9. The van der Waals surface area contributed by atoms with Crippen molar-refractivity contribution in [3.63, 3.8) is 0 Å². The molecule has 0 aromatic heterocycles. The summed E-state index contributed by atoms with van der Waals surface area (Å²) in [6.45, 7) is 4.88. The standard InChI is InChI=1S/C32H33N5O3S/c1-35-14-16-36(17-15-35)20-28(38)37-13-12-22-18-24(9-11-27(22)37)33-30(21-6-4-3-5-7-21)29-25-10-8-23(32(40)41-2)19-26(25)34-31(29)39/h3-11,18-19,29H,12-17,20H2,1-2H3,(H,34,39). The fraction of sp³-hybridized carbons (Fsp3) is 0.312. The zero-order valence-electron chi connectivity index (χ0n) is 23.3. The van der Waals surface area contributed by atoms with E-state index in [1.807, 2.05) is 59.5 Å². The lowest BCUT2D eigenvalue weighted by atomic mass is 9.90. The Morgan fingerprint density at radius 2 is 1.73 bits per heavy atom. The largest absolute Gasteiger partial charge is 0.325 e. The summed E-state index contributed by atoms with van der Waals surface area (Å²) < 4.78 is 0. The van der Waals surface area contributed by atoms with Crippen molar-refractivity contribution >= 4 is 51.5 Å². The normalized spacial score (nSPS) is 19.2. The van der Waals surface area contributed by atoms with Gasteiger partial charge in [0, 0.05) is 49.7 Å². The van der Waals surface area contributed by atoms with Crippen molar-refractivity contribution in [2.45, 2.75) is 12.3 Å². The zero-order valence-corrected chi connectivity index (χ0v) is 24.1. The highest BCUT2D eigenvalue weighted by atomic mass is 32.2. The maximum Gasteiger partial charge on any atom is 0.241 e. The van der Waals surface area contributed by atoms with Gasteiger partial charge in [-0.3, -0.25) is 24.3 Å². The van der Waals surface area contributed by atoms with E-state index < -0.39 is 5.92 Å². The highest BCUT2D eigenvalue weighted by molar-refractivity contribution is 8.13. The molecule has 1 atom stereocenters. The van der Waals surface area contributed by atoms with Crippen LogP contribution in [-0.2, 0) is 16.0 Å². The van der Waals surface area contributed by atoms with E-state index in [4.69, 9.17) is 4.99 Å². The molecule has 0 aliphatic carbocycles. The van der Waals surface area contributed by atoms with Crippen LogP contribution in [0.25, 0.3) is 0 Å². The van der Waals surface area contributed by atoms with Gasteiger partial charge in [0.25, 0.3) is 0 Å². The maximum atomic E-state index is 13.3. The monoisotopic (exact) mass is 567 g/mol. The predicted molar refractivity (Wildman–Crippen MR) is 165 cm³/mol. The van der Waals surface area contributed by atoms with Crippen LogP contribution in [-0.4, -0.2) is 85.0 Å². The minimum atomic E-state index is -0.610. The number of carbonyl (C=O) groups is 3. The smallest absolute Gasteiger partial charge is 0.241 e. The van der Waals surface area contributed by atoms with Gasteiger partial charge in [-0.05, 0) is 60.7 Å². The molecule has 0 saturated carbocycles. The molecule has 3 heterocycles. The zero-order chi connectivity index (χ0) is 28.5. The number of thioether (sulfide) groups is 1. The lowest BCUT2D eigenvalue weighted by Crippen LogP contribution is -2.48. The number of nitrogens with zero attached hydrogens (tertiary/aromatic N) is 4. The van der Waals surface area contributed by atoms with Gasteiger partial charge in [-0.25, -0.2) is 0 Å². The Kier molecular flexibility index (Phi) is 7.75. The summed E-state index contributed by atoms with van der Waals surface area (Å²) in [5.41, 5.74) is 6.28. The number of amides is 2. The first kappa shape index (κ1) is 27.4. The summed E-state index contributed by atoms with van der Waals surface area (Å²) in [5, 5.41) is 2.92. The van der Waals surface area contributed by atoms with E-state index in [-0.39, 0.29) is 16.9 Å². The minimum Gasteiger partial charge on any atom is -0.325 e. The van der Waals surface area contributed by atoms with Crippen LogP contribution in [0.4, 0.5) is 17.1 Å². The maximum absolute atomic E-state index is 13.3. The molecule has 8 nitrogen and oxygen atoms in total. The van der Waals surface area contributed by atoms with E-state index in [9.17, 15) is 14.4 Å². The molecule has 1 N–H and O–H groups in total. The van der Waals surface area contributed by atoms with E-state index in [2.05, 4.69) is 22.2 Å². The van der Waals surface area contributed by atoms with Gasteiger partial charge in [0.05, 0.1) is 17.9 Å². The van der Waals surface area contributed by atoms with Crippen molar-refractivity contribution in [3.8, 4) is 0 Å². The number of anilines is 2. The number of hydrogen-bond acceptors (Lipinski definition) is 7. The molecule has 3 aromatic rings. The summed E-state index contributed by atoms with van der Waals surface area (Å²) >= 11 is 1.15. The van der Waals surface area contributed by atoms with Crippen molar-refractivity contribution in [1.29, 1.82) is 0 Å². The Morgan fingerprint density at radius 3 is 2.49 bits per heavy atom. The highest BCUT2D eigenvalue weighted by Crippen LogP contribution is 2.38. The molecule has 6 rings (SSSR count).